The molecular weight excluding hydrogens is 248 g/mol. The Labute approximate surface area is 100 Å². The van der Waals surface area contributed by atoms with Gasteiger partial charge in [0, 0.05) is 23.1 Å². The van der Waals surface area contributed by atoms with Crippen LogP contribution in [-0.4, -0.2) is 23.1 Å². The maximum Gasteiger partial charge on any atom is 2.00 e. The molecule has 0 rings (SSSR count). The topological polar surface area (TPSA) is 68.3 Å². The summed E-state index contributed by atoms with van der Waals surface area (Å²) < 4.78 is 0. The van der Waals surface area contributed by atoms with Gasteiger partial charge in [0.15, 0.2) is 0 Å². The van der Waals surface area contributed by atoms with Crippen molar-refractivity contribution in [2.75, 3.05) is 0 Å². The molecular formula is C10H14CuO4. The zero-order valence-electron chi connectivity index (χ0n) is 9.09. The van der Waals surface area contributed by atoms with Crippen LogP contribution in [0.5, 0.6) is 0 Å². The number of rotatable bonds is 4. The van der Waals surface area contributed by atoms with Gasteiger partial charge in [-0.05, 0) is 27.7 Å². The molecule has 0 atom stereocenters. The summed E-state index contributed by atoms with van der Waals surface area (Å²) in [6.07, 6.45) is 2.11. The third kappa shape index (κ3) is 32.2. The van der Waals surface area contributed by atoms with Crippen LogP contribution < -0.4 is 0 Å². The van der Waals surface area contributed by atoms with Crippen LogP contribution in [-0.2, 0) is 36.2 Å². The van der Waals surface area contributed by atoms with Crippen LogP contribution in [0, 0.1) is 12.8 Å². The van der Waals surface area contributed by atoms with E-state index in [2.05, 4.69) is 0 Å². The SMILES string of the molecule is CC(=O)[CH-]C(C)=O.CC(=O)[CH-]C(C)=O.[Cu+2]. The fourth-order valence-corrected chi connectivity index (χ4v) is 0.572. The average Bonchev–Trinajstić information content (AvgIpc) is 1.79. The molecule has 0 spiro atoms. The standard InChI is InChI=1S/2C5H7O2.Cu/c2*1-4(6)3-5(2)7;/h2*3H,1-2H3;/q2*-1;+2. The molecule has 0 aromatic carbocycles. The van der Waals surface area contributed by atoms with Crippen LogP contribution in [0.3, 0.4) is 0 Å². The Balaban J connectivity index is -0.000000180. The molecule has 89 valence electrons. The number of carbonyl (C=O) groups excluding carboxylic acids is 4. The van der Waals surface area contributed by atoms with Crippen molar-refractivity contribution < 1.29 is 36.2 Å². The molecule has 0 fully saturated rings. The number of hydrogen-bond donors (Lipinski definition) is 0. The first-order chi connectivity index (χ1) is 6.25. The summed E-state index contributed by atoms with van der Waals surface area (Å²) >= 11 is 0. The second-order valence-corrected chi connectivity index (χ2v) is 2.73. The van der Waals surface area contributed by atoms with Gasteiger partial charge >= 0.3 is 17.1 Å². The van der Waals surface area contributed by atoms with Gasteiger partial charge in [0.1, 0.15) is 0 Å². The molecule has 0 aliphatic heterocycles. The van der Waals surface area contributed by atoms with Gasteiger partial charge in [-0.3, -0.25) is 12.8 Å². The normalized spacial score (nSPS) is 7.20. The van der Waals surface area contributed by atoms with Gasteiger partial charge in [0.2, 0.25) is 0 Å². The number of carbonyl (C=O) groups is 4. The first-order valence-electron chi connectivity index (χ1n) is 3.97. The summed E-state index contributed by atoms with van der Waals surface area (Å²) in [6.45, 7) is 5.39. The molecule has 0 heterocycles. The van der Waals surface area contributed by atoms with Crippen molar-refractivity contribution in [2.24, 2.45) is 0 Å². The summed E-state index contributed by atoms with van der Waals surface area (Å²) in [5.41, 5.74) is 0. The predicted octanol–water partition coefficient (Wildman–Crippen LogP) is 0.735. The summed E-state index contributed by atoms with van der Waals surface area (Å²) in [4.78, 5) is 39.9. The number of ketones is 4. The van der Waals surface area contributed by atoms with Crippen molar-refractivity contribution in [1.82, 2.24) is 0 Å². The molecule has 4 nitrogen and oxygen atoms in total. The molecule has 0 aliphatic rings. The van der Waals surface area contributed by atoms with Crippen LogP contribution in [0.1, 0.15) is 27.7 Å². The Bertz CT molecular complexity index is 196. The number of hydrogen-bond acceptors (Lipinski definition) is 4. The van der Waals surface area contributed by atoms with Crippen molar-refractivity contribution in [3.63, 3.8) is 0 Å². The van der Waals surface area contributed by atoms with E-state index in [0.29, 0.717) is 0 Å². The van der Waals surface area contributed by atoms with E-state index in [1.807, 2.05) is 0 Å². The Morgan fingerprint density at radius 3 is 0.733 bits per heavy atom. The molecule has 0 saturated heterocycles. The summed E-state index contributed by atoms with van der Waals surface area (Å²) in [5, 5.41) is 0. The van der Waals surface area contributed by atoms with Crippen molar-refractivity contribution in [2.45, 2.75) is 27.7 Å². The van der Waals surface area contributed by atoms with Gasteiger partial charge in [0.25, 0.3) is 0 Å². The van der Waals surface area contributed by atoms with Gasteiger partial charge < -0.3 is 19.2 Å². The molecule has 0 aliphatic carbocycles. The van der Waals surface area contributed by atoms with E-state index >= 15 is 0 Å². The van der Waals surface area contributed by atoms with Crippen LogP contribution in [0.2, 0.25) is 0 Å². The zero-order chi connectivity index (χ0) is 11.7. The fourth-order valence-electron chi connectivity index (χ4n) is 0.572. The molecule has 0 saturated carbocycles. The van der Waals surface area contributed by atoms with E-state index in [1.54, 1.807) is 0 Å². The van der Waals surface area contributed by atoms with Gasteiger partial charge in [0.05, 0.1) is 0 Å². The molecule has 5 heteroatoms. The Hall–Kier alpha value is -1.06. The Morgan fingerprint density at radius 1 is 0.600 bits per heavy atom. The maximum atomic E-state index is 9.98. The van der Waals surface area contributed by atoms with E-state index in [0.717, 1.165) is 12.8 Å². The van der Waals surface area contributed by atoms with Crippen LogP contribution in [0.15, 0.2) is 0 Å². The van der Waals surface area contributed by atoms with Crippen LogP contribution >= 0.6 is 0 Å². The third-order valence-electron chi connectivity index (χ3n) is 0.813. The average molecular weight is 262 g/mol. The molecule has 0 N–H and O–H groups in total. The Morgan fingerprint density at radius 2 is 0.733 bits per heavy atom. The fraction of sp³-hybridized carbons (Fsp3) is 0.400. The molecule has 0 amide bonds. The molecule has 0 aromatic heterocycles. The monoisotopic (exact) mass is 261 g/mol. The van der Waals surface area contributed by atoms with Crippen molar-refractivity contribution >= 4 is 23.1 Å². The van der Waals surface area contributed by atoms with Crippen molar-refractivity contribution in [3.05, 3.63) is 12.8 Å². The number of Topliss-reactive ketones (excluding diaryl/α,β-unsaturated/α-hetero) is 4. The molecule has 0 unspecified atom stereocenters. The largest absolute Gasteiger partial charge is 2.00 e. The van der Waals surface area contributed by atoms with E-state index < -0.39 is 0 Å². The quantitative estimate of drug-likeness (QED) is 0.425. The van der Waals surface area contributed by atoms with E-state index in [-0.39, 0.29) is 40.2 Å². The van der Waals surface area contributed by atoms with Gasteiger partial charge in [-0.1, -0.05) is 0 Å². The molecule has 15 heavy (non-hydrogen) atoms. The van der Waals surface area contributed by atoms with Gasteiger partial charge in [-0.2, -0.15) is 0 Å². The van der Waals surface area contributed by atoms with Gasteiger partial charge in [-0.15, -0.1) is 0 Å². The minimum Gasteiger partial charge on any atom is -0.334 e. The van der Waals surface area contributed by atoms with Crippen molar-refractivity contribution in [3.8, 4) is 0 Å². The third-order valence-corrected chi connectivity index (χ3v) is 0.813. The van der Waals surface area contributed by atoms with Gasteiger partial charge in [-0.25, -0.2) is 0 Å². The minimum atomic E-state index is -0.187. The maximum absolute atomic E-state index is 9.98. The first-order valence-corrected chi connectivity index (χ1v) is 3.97. The van der Waals surface area contributed by atoms with E-state index in [1.165, 1.54) is 27.7 Å². The van der Waals surface area contributed by atoms with E-state index in [9.17, 15) is 19.2 Å². The summed E-state index contributed by atoms with van der Waals surface area (Å²) in [7, 11) is 0. The second-order valence-electron chi connectivity index (χ2n) is 2.73. The Kier molecular flexibility index (Phi) is 14.3. The smallest absolute Gasteiger partial charge is 0.334 e. The molecule has 0 bridgehead atoms. The van der Waals surface area contributed by atoms with Crippen LogP contribution in [0.4, 0.5) is 0 Å². The second kappa shape index (κ2) is 11.0. The molecule has 0 aromatic rings. The predicted molar refractivity (Wildman–Crippen MR) is 51.3 cm³/mol. The summed E-state index contributed by atoms with van der Waals surface area (Å²) in [6, 6.07) is 0. The minimum absolute atomic E-state index is 0. The first kappa shape index (κ1) is 19.5. The zero-order valence-corrected chi connectivity index (χ0v) is 10.0. The summed E-state index contributed by atoms with van der Waals surface area (Å²) in [5.74, 6) is -0.750. The van der Waals surface area contributed by atoms with E-state index in [4.69, 9.17) is 0 Å². The van der Waals surface area contributed by atoms with Crippen molar-refractivity contribution in [1.29, 1.82) is 0 Å². The van der Waals surface area contributed by atoms with Crippen LogP contribution in [0.25, 0.3) is 0 Å². The molecule has 1 radical (unpaired) electrons.